The first kappa shape index (κ1) is 22.3. The zero-order valence-corrected chi connectivity index (χ0v) is 19.0. The van der Waals surface area contributed by atoms with Gasteiger partial charge in [-0.2, -0.15) is 13.2 Å². The van der Waals surface area contributed by atoms with Crippen LogP contribution in [0.5, 0.6) is 0 Å². The topological polar surface area (TPSA) is 63.4 Å². The van der Waals surface area contributed by atoms with Crippen LogP contribution in [0.1, 0.15) is 47.4 Å². The SMILES string of the molecule is Cc1c(C(=O)NC2CCC(Nc3cccc4nc(C(F)(F)F)cn34)CC2)c2ccccc2n1C. The molecule has 1 aromatic carbocycles. The van der Waals surface area contributed by atoms with Crippen molar-refractivity contribution in [2.45, 2.75) is 50.9 Å². The van der Waals surface area contributed by atoms with E-state index in [-0.39, 0.29) is 23.6 Å². The summed E-state index contributed by atoms with van der Waals surface area (Å²) in [5.41, 5.74) is 2.02. The van der Waals surface area contributed by atoms with E-state index in [0.29, 0.717) is 11.4 Å². The molecule has 0 unspecified atom stereocenters. The van der Waals surface area contributed by atoms with Crippen molar-refractivity contribution in [1.29, 1.82) is 0 Å². The zero-order chi connectivity index (χ0) is 24.0. The molecule has 4 aromatic rings. The Balaban J connectivity index is 1.24. The van der Waals surface area contributed by atoms with Gasteiger partial charge in [-0.25, -0.2) is 4.98 Å². The Kier molecular flexibility index (Phi) is 5.50. The van der Waals surface area contributed by atoms with Gasteiger partial charge in [0.1, 0.15) is 11.5 Å². The molecule has 178 valence electrons. The minimum atomic E-state index is -4.48. The Bertz CT molecular complexity index is 1360. The van der Waals surface area contributed by atoms with Gasteiger partial charge in [-0.1, -0.05) is 24.3 Å². The number of anilines is 1. The van der Waals surface area contributed by atoms with Gasteiger partial charge in [0, 0.05) is 41.9 Å². The summed E-state index contributed by atoms with van der Waals surface area (Å²) in [7, 11) is 1.96. The smallest absolute Gasteiger partial charge is 0.368 e. The summed E-state index contributed by atoms with van der Waals surface area (Å²) in [6.45, 7) is 1.95. The summed E-state index contributed by atoms with van der Waals surface area (Å²) in [6.07, 6.45) is -0.271. The number of hydrogen-bond acceptors (Lipinski definition) is 3. The first-order valence-electron chi connectivity index (χ1n) is 11.4. The number of halogens is 3. The lowest BCUT2D eigenvalue weighted by Crippen LogP contribution is -2.40. The number of fused-ring (bicyclic) bond motifs is 2. The summed E-state index contributed by atoms with van der Waals surface area (Å²) >= 11 is 0. The molecule has 6 nitrogen and oxygen atoms in total. The number of nitrogens with one attached hydrogen (secondary N) is 2. The van der Waals surface area contributed by atoms with E-state index in [2.05, 4.69) is 15.6 Å². The van der Waals surface area contributed by atoms with Gasteiger partial charge in [0.2, 0.25) is 0 Å². The van der Waals surface area contributed by atoms with Crippen molar-refractivity contribution in [3.63, 3.8) is 0 Å². The molecule has 0 aliphatic heterocycles. The van der Waals surface area contributed by atoms with Crippen LogP contribution in [0, 0.1) is 6.92 Å². The predicted molar refractivity (Wildman–Crippen MR) is 125 cm³/mol. The Labute approximate surface area is 194 Å². The van der Waals surface area contributed by atoms with Crippen molar-refractivity contribution >= 4 is 28.3 Å². The van der Waals surface area contributed by atoms with E-state index in [1.54, 1.807) is 18.2 Å². The highest BCUT2D eigenvalue weighted by Crippen LogP contribution is 2.30. The molecule has 1 fully saturated rings. The lowest BCUT2D eigenvalue weighted by molar-refractivity contribution is -0.140. The molecule has 1 aliphatic rings. The summed E-state index contributed by atoms with van der Waals surface area (Å²) < 4.78 is 42.7. The Morgan fingerprint density at radius 2 is 1.74 bits per heavy atom. The normalized spacial score (nSPS) is 19.0. The van der Waals surface area contributed by atoms with E-state index in [0.717, 1.165) is 48.5 Å². The summed E-state index contributed by atoms with van der Waals surface area (Å²) in [6, 6.07) is 13.1. The van der Waals surface area contributed by atoms with Crippen LogP contribution in [-0.2, 0) is 13.2 Å². The molecule has 0 atom stereocenters. The number of benzene rings is 1. The minimum Gasteiger partial charge on any atom is -0.368 e. The lowest BCUT2D eigenvalue weighted by Gasteiger charge is -2.30. The second kappa shape index (κ2) is 8.38. The molecule has 1 amide bonds. The number of aromatic nitrogens is 3. The van der Waals surface area contributed by atoms with Crippen LogP contribution in [0.25, 0.3) is 16.6 Å². The number of carbonyl (C=O) groups excluding carboxylic acids is 1. The number of para-hydroxylation sites is 1. The molecular weight excluding hydrogens is 443 g/mol. The van der Waals surface area contributed by atoms with Gasteiger partial charge < -0.3 is 15.2 Å². The maximum atomic E-state index is 13.1. The van der Waals surface area contributed by atoms with Crippen molar-refractivity contribution in [3.05, 3.63) is 65.6 Å². The van der Waals surface area contributed by atoms with Crippen molar-refractivity contribution in [2.24, 2.45) is 7.05 Å². The molecule has 1 aliphatic carbocycles. The number of pyridine rings is 1. The third-order valence-electron chi connectivity index (χ3n) is 6.82. The van der Waals surface area contributed by atoms with Crippen molar-refractivity contribution in [2.75, 3.05) is 5.32 Å². The summed E-state index contributed by atoms with van der Waals surface area (Å²) in [4.78, 5) is 16.8. The second-order valence-corrected chi connectivity index (χ2v) is 8.97. The average molecular weight is 470 g/mol. The van der Waals surface area contributed by atoms with Crippen LogP contribution in [0.4, 0.5) is 19.0 Å². The molecular formula is C25H26F3N5O. The fourth-order valence-corrected chi connectivity index (χ4v) is 4.92. The molecule has 34 heavy (non-hydrogen) atoms. The van der Waals surface area contributed by atoms with Crippen molar-refractivity contribution in [1.82, 2.24) is 19.3 Å². The molecule has 0 saturated heterocycles. The van der Waals surface area contributed by atoms with Gasteiger partial charge in [-0.05, 0) is 50.8 Å². The first-order chi connectivity index (χ1) is 16.2. The zero-order valence-electron chi connectivity index (χ0n) is 19.0. The average Bonchev–Trinajstić information content (AvgIpc) is 3.36. The third-order valence-corrected chi connectivity index (χ3v) is 6.82. The fourth-order valence-electron chi connectivity index (χ4n) is 4.92. The minimum absolute atomic E-state index is 0.0600. The Hall–Kier alpha value is -3.49. The first-order valence-corrected chi connectivity index (χ1v) is 11.4. The number of hydrogen-bond donors (Lipinski definition) is 2. The molecule has 3 aromatic heterocycles. The highest BCUT2D eigenvalue weighted by Gasteiger charge is 2.34. The van der Waals surface area contributed by atoms with Crippen LogP contribution in [0.2, 0.25) is 0 Å². The number of rotatable bonds is 4. The van der Waals surface area contributed by atoms with Gasteiger partial charge in [-0.15, -0.1) is 0 Å². The number of alkyl halides is 3. The number of aryl methyl sites for hydroxylation is 1. The summed E-state index contributed by atoms with van der Waals surface area (Å²) in [5.74, 6) is 0.521. The molecule has 0 spiro atoms. The van der Waals surface area contributed by atoms with Gasteiger partial charge in [0.15, 0.2) is 5.69 Å². The highest BCUT2D eigenvalue weighted by atomic mass is 19.4. The van der Waals surface area contributed by atoms with E-state index in [1.807, 2.05) is 42.8 Å². The quantitative estimate of drug-likeness (QED) is 0.426. The fraction of sp³-hybridized carbons (Fsp3) is 0.360. The maximum Gasteiger partial charge on any atom is 0.434 e. The van der Waals surface area contributed by atoms with Crippen LogP contribution in [0.15, 0.2) is 48.7 Å². The highest BCUT2D eigenvalue weighted by molar-refractivity contribution is 6.08. The van der Waals surface area contributed by atoms with Crippen LogP contribution in [0.3, 0.4) is 0 Å². The predicted octanol–water partition coefficient (Wildman–Crippen LogP) is 5.31. The van der Waals surface area contributed by atoms with Gasteiger partial charge in [0.05, 0.1) is 5.56 Å². The van der Waals surface area contributed by atoms with Gasteiger partial charge in [0.25, 0.3) is 5.91 Å². The Morgan fingerprint density at radius 1 is 1.03 bits per heavy atom. The molecule has 2 N–H and O–H groups in total. The molecule has 0 bridgehead atoms. The molecule has 3 heterocycles. The van der Waals surface area contributed by atoms with E-state index < -0.39 is 11.9 Å². The molecule has 1 saturated carbocycles. The lowest BCUT2D eigenvalue weighted by atomic mass is 9.91. The van der Waals surface area contributed by atoms with Crippen molar-refractivity contribution < 1.29 is 18.0 Å². The third kappa shape index (κ3) is 3.99. The Morgan fingerprint density at radius 3 is 2.47 bits per heavy atom. The monoisotopic (exact) mass is 469 g/mol. The second-order valence-electron chi connectivity index (χ2n) is 8.97. The van der Waals surface area contributed by atoms with Crippen LogP contribution >= 0.6 is 0 Å². The molecule has 0 radical (unpaired) electrons. The molecule has 5 rings (SSSR count). The largest absolute Gasteiger partial charge is 0.434 e. The van der Waals surface area contributed by atoms with Crippen LogP contribution in [-0.4, -0.2) is 31.9 Å². The van der Waals surface area contributed by atoms with E-state index >= 15 is 0 Å². The van der Waals surface area contributed by atoms with Crippen molar-refractivity contribution in [3.8, 4) is 0 Å². The van der Waals surface area contributed by atoms with E-state index in [1.165, 1.54) is 4.40 Å². The van der Waals surface area contributed by atoms with Crippen LogP contribution < -0.4 is 10.6 Å². The van der Waals surface area contributed by atoms with E-state index in [9.17, 15) is 18.0 Å². The number of amides is 1. The number of nitrogens with zero attached hydrogens (tertiary/aromatic N) is 3. The maximum absolute atomic E-state index is 13.1. The number of carbonyl (C=O) groups is 1. The van der Waals surface area contributed by atoms with Gasteiger partial charge in [-0.3, -0.25) is 9.20 Å². The number of imidazole rings is 1. The van der Waals surface area contributed by atoms with Gasteiger partial charge >= 0.3 is 6.18 Å². The standard InChI is InChI=1S/C25H26F3N5O/c1-15-23(18-6-3-4-7-19(18)32(15)2)24(34)30-17-12-10-16(11-13-17)29-21-8-5-9-22-31-20(14-33(21)22)25(26,27)28/h3-9,14,16-17,29H,10-13H2,1-2H3,(H,30,34). The van der Waals surface area contributed by atoms with E-state index in [4.69, 9.17) is 0 Å². The summed E-state index contributed by atoms with van der Waals surface area (Å²) in [5, 5.41) is 7.51. The molecule has 9 heteroatoms.